The molecule has 5 heteroatoms. The number of aromatic nitrogens is 1. The molecule has 17 heavy (non-hydrogen) atoms. The molecule has 88 valence electrons. The van der Waals surface area contributed by atoms with E-state index in [-0.39, 0.29) is 6.61 Å². The molecule has 0 bridgehead atoms. The highest BCUT2D eigenvalue weighted by atomic mass is 35.5. The molecule has 0 radical (unpaired) electrons. The standard InChI is InChI=1S/C12H9Cl2NO2/c13-9-1-2-10(14)11(6-9)17-12-5-8(7-16)3-4-15-12/h1-6,16H,7H2. The maximum Gasteiger partial charge on any atom is 0.219 e. The van der Waals surface area contributed by atoms with Gasteiger partial charge in [0.1, 0.15) is 5.75 Å². The summed E-state index contributed by atoms with van der Waals surface area (Å²) < 4.78 is 5.49. The van der Waals surface area contributed by atoms with Crippen LogP contribution in [0.5, 0.6) is 11.6 Å². The number of pyridine rings is 1. The average molecular weight is 270 g/mol. The van der Waals surface area contributed by atoms with Crippen LogP contribution in [0.3, 0.4) is 0 Å². The molecule has 0 saturated carbocycles. The van der Waals surface area contributed by atoms with Gasteiger partial charge in [0.25, 0.3) is 0 Å². The zero-order valence-electron chi connectivity index (χ0n) is 8.73. The number of aliphatic hydroxyl groups is 1. The molecule has 2 rings (SSSR count). The van der Waals surface area contributed by atoms with Crippen LogP contribution in [0.15, 0.2) is 36.5 Å². The molecule has 1 N–H and O–H groups in total. The summed E-state index contributed by atoms with van der Waals surface area (Å²) in [6, 6.07) is 8.27. The minimum Gasteiger partial charge on any atom is -0.437 e. The lowest BCUT2D eigenvalue weighted by atomic mass is 10.3. The third kappa shape index (κ3) is 3.09. The van der Waals surface area contributed by atoms with E-state index < -0.39 is 0 Å². The third-order valence-corrected chi connectivity index (χ3v) is 2.64. The monoisotopic (exact) mass is 269 g/mol. The Morgan fingerprint density at radius 1 is 1.18 bits per heavy atom. The van der Waals surface area contributed by atoms with Crippen molar-refractivity contribution in [2.75, 3.05) is 0 Å². The molecule has 3 nitrogen and oxygen atoms in total. The van der Waals surface area contributed by atoms with Gasteiger partial charge in [0, 0.05) is 23.4 Å². The van der Waals surface area contributed by atoms with Gasteiger partial charge in [0.15, 0.2) is 0 Å². The van der Waals surface area contributed by atoms with Gasteiger partial charge in [0.2, 0.25) is 5.88 Å². The zero-order valence-corrected chi connectivity index (χ0v) is 10.2. The van der Waals surface area contributed by atoms with Crippen LogP contribution in [0, 0.1) is 0 Å². The van der Waals surface area contributed by atoms with E-state index >= 15 is 0 Å². The van der Waals surface area contributed by atoms with Crippen LogP contribution in [0.25, 0.3) is 0 Å². The lowest BCUT2D eigenvalue weighted by Crippen LogP contribution is -1.91. The molecule has 2 aromatic rings. The predicted octanol–water partition coefficient (Wildman–Crippen LogP) is 3.67. The predicted molar refractivity (Wildman–Crippen MR) is 66.7 cm³/mol. The second-order valence-corrected chi connectivity index (χ2v) is 4.18. The molecule has 0 unspecified atom stereocenters. The second-order valence-electron chi connectivity index (χ2n) is 3.34. The van der Waals surface area contributed by atoms with E-state index in [0.717, 1.165) is 0 Å². The van der Waals surface area contributed by atoms with Gasteiger partial charge in [-0.2, -0.15) is 0 Å². The summed E-state index contributed by atoms with van der Waals surface area (Å²) in [5, 5.41) is 9.98. The summed E-state index contributed by atoms with van der Waals surface area (Å²) in [7, 11) is 0. The Morgan fingerprint density at radius 3 is 2.76 bits per heavy atom. The normalized spacial score (nSPS) is 10.3. The van der Waals surface area contributed by atoms with Crippen LogP contribution in [-0.2, 0) is 6.61 Å². The van der Waals surface area contributed by atoms with E-state index in [1.54, 1.807) is 36.5 Å². The van der Waals surface area contributed by atoms with Crippen molar-refractivity contribution in [1.29, 1.82) is 0 Å². The van der Waals surface area contributed by atoms with E-state index in [1.807, 2.05) is 0 Å². The van der Waals surface area contributed by atoms with Crippen molar-refractivity contribution in [3.05, 3.63) is 52.1 Å². The van der Waals surface area contributed by atoms with E-state index in [0.29, 0.717) is 27.2 Å². The van der Waals surface area contributed by atoms with Gasteiger partial charge < -0.3 is 9.84 Å². The quantitative estimate of drug-likeness (QED) is 0.925. The third-order valence-electron chi connectivity index (χ3n) is 2.09. The molecular weight excluding hydrogens is 261 g/mol. The van der Waals surface area contributed by atoms with Crippen LogP contribution < -0.4 is 4.74 Å². The first-order chi connectivity index (χ1) is 8.19. The molecule has 1 aromatic carbocycles. The maximum absolute atomic E-state index is 9.00. The second kappa shape index (κ2) is 5.36. The number of hydrogen-bond acceptors (Lipinski definition) is 3. The fraction of sp³-hybridized carbons (Fsp3) is 0.0833. The van der Waals surface area contributed by atoms with Crippen molar-refractivity contribution in [1.82, 2.24) is 4.98 Å². The fourth-order valence-electron chi connectivity index (χ4n) is 1.27. The summed E-state index contributed by atoms with van der Waals surface area (Å²) in [6.07, 6.45) is 1.55. The van der Waals surface area contributed by atoms with Gasteiger partial charge in [-0.05, 0) is 23.8 Å². The number of nitrogens with zero attached hydrogens (tertiary/aromatic N) is 1. The molecule has 0 aliphatic rings. The minimum absolute atomic E-state index is 0.0673. The molecule has 0 aliphatic heterocycles. The molecule has 0 spiro atoms. The first-order valence-electron chi connectivity index (χ1n) is 4.88. The average Bonchev–Trinajstić information content (AvgIpc) is 2.34. The zero-order chi connectivity index (χ0) is 12.3. The maximum atomic E-state index is 9.00. The van der Waals surface area contributed by atoms with Gasteiger partial charge in [-0.3, -0.25) is 0 Å². The van der Waals surface area contributed by atoms with E-state index in [2.05, 4.69) is 4.98 Å². The molecule has 1 heterocycles. The van der Waals surface area contributed by atoms with Crippen LogP contribution in [0.2, 0.25) is 10.0 Å². The summed E-state index contributed by atoms with van der Waals surface area (Å²) in [5.74, 6) is 0.794. The highest BCUT2D eigenvalue weighted by Crippen LogP contribution is 2.31. The molecule has 1 aromatic heterocycles. The molecule has 0 saturated heterocycles. The van der Waals surface area contributed by atoms with Crippen molar-refractivity contribution in [2.24, 2.45) is 0 Å². The summed E-state index contributed by atoms with van der Waals surface area (Å²) in [4.78, 5) is 4.02. The lowest BCUT2D eigenvalue weighted by molar-refractivity contribution is 0.281. The Labute approximate surface area is 109 Å². The van der Waals surface area contributed by atoms with Gasteiger partial charge in [-0.15, -0.1) is 0 Å². The highest BCUT2D eigenvalue weighted by molar-refractivity contribution is 6.34. The Bertz CT molecular complexity index is 532. The number of halogens is 2. The molecule has 0 atom stereocenters. The van der Waals surface area contributed by atoms with Crippen LogP contribution >= 0.6 is 23.2 Å². The van der Waals surface area contributed by atoms with Crippen molar-refractivity contribution in [2.45, 2.75) is 6.61 Å². The van der Waals surface area contributed by atoms with Gasteiger partial charge >= 0.3 is 0 Å². The molecular formula is C12H9Cl2NO2. The van der Waals surface area contributed by atoms with Crippen molar-refractivity contribution in [3.63, 3.8) is 0 Å². The number of rotatable bonds is 3. The Kier molecular flexibility index (Phi) is 3.84. The molecule has 0 aliphatic carbocycles. The van der Waals surface area contributed by atoms with Gasteiger partial charge in [-0.25, -0.2) is 4.98 Å². The Morgan fingerprint density at radius 2 is 2.00 bits per heavy atom. The van der Waals surface area contributed by atoms with E-state index in [4.69, 9.17) is 33.0 Å². The van der Waals surface area contributed by atoms with E-state index in [9.17, 15) is 0 Å². The lowest BCUT2D eigenvalue weighted by Gasteiger charge is -2.07. The minimum atomic E-state index is -0.0673. The Balaban J connectivity index is 2.27. The Hall–Kier alpha value is -1.29. The fourth-order valence-corrected chi connectivity index (χ4v) is 1.59. The summed E-state index contributed by atoms with van der Waals surface area (Å²) in [5.41, 5.74) is 0.716. The van der Waals surface area contributed by atoms with Crippen molar-refractivity contribution in [3.8, 4) is 11.6 Å². The van der Waals surface area contributed by atoms with E-state index in [1.165, 1.54) is 0 Å². The van der Waals surface area contributed by atoms with Crippen LogP contribution in [-0.4, -0.2) is 10.1 Å². The number of benzene rings is 1. The van der Waals surface area contributed by atoms with Crippen molar-refractivity contribution < 1.29 is 9.84 Å². The topological polar surface area (TPSA) is 42.4 Å². The van der Waals surface area contributed by atoms with Crippen molar-refractivity contribution >= 4 is 23.2 Å². The number of aliphatic hydroxyl groups excluding tert-OH is 1. The molecule has 0 fully saturated rings. The first-order valence-corrected chi connectivity index (χ1v) is 5.63. The van der Waals surface area contributed by atoms with Crippen LogP contribution in [0.1, 0.15) is 5.56 Å². The van der Waals surface area contributed by atoms with Gasteiger partial charge in [-0.1, -0.05) is 23.2 Å². The number of hydrogen-bond donors (Lipinski definition) is 1. The smallest absolute Gasteiger partial charge is 0.219 e. The van der Waals surface area contributed by atoms with Crippen LogP contribution in [0.4, 0.5) is 0 Å². The summed E-state index contributed by atoms with van der Waals surface area (Å²) in [6.45, 7) is -0.0673. The number of ether oxygens (including phenoxy) is 1. The SMILES string of the molecule is OCc1ccnc(Oc2cc(Cl)ccc2Cl)c1. The van der Waals surface area contributed by atoms with Gasteiger partial charge in [0.05, 0.1) is 11.6 Å². The largest absolute Gasteiger partial charge is 0.437 e. The summed E-state index contributed by atoms with van der Waals surface area (Å²) >= 11 is 11.8. The molecule has 0 amide bonds. The first kappa shape index (κ1) is 12.2. The highest BCUT2D eigenvalue weighted by Gasteiger charge is 2.05.